The van der Waals surface area contributed by atoms with E-state index in [2.05, 4.69) is 4.98 Å². The van der Waals surface area contributed by atoms with Crippen LogP contribution in [0.1, 0.15) is 13.8 Å². The molecule has 100 valence electrons. The summed E-state index contributed by atoms with van der Waals surface area (Å²) in [4.78, 5) is 16.9. The SMILES string of the molecule is CC(C)C1(O)CN(c2cc3ccccc3c(=O)[nH]2)C1. The number of nitrogens with zero attached hydrogens (tertiary/aromatic N) is 1. The molecular formula is C15H18N2O2. The van der Waals surface area contributed by atoms with Crippen LogP contribution in [0, 0.1) is 5.92 Å². The summed E-state index contributed by atoms with van der Waals surface area (Å²) in [5.41, 5.74) is -0.712. The summed E-state index contributed by atoms with van der Waals surface area (Å²) < 4.78 is 0. The molecule has 0 amide bonds. The van der Waals surface area contributed by atoms with Gasteiger partial charge < -0.3 is 15.0 Å². The van der Waals surface area contributed by atoms with Gasteiger partial charge in [-0.05, 0) is 23.4 Å². The lowest BCUT2D eigenvalue weighted by molar-refractivity contribution is -0.0304. The molecule has 1 saturated heterocycles. The van der Waals surface area contributed by atoms with Gasteiger partial charge in [-0.2, -0.15) is 0 Å². The Labute approximate surface area is 111 Å². The minimum absolute atomic E-state index is 0.0758. The molecule has 2 aromatic rings. The molecule has 2 N–H and O–H groups in total. The van der Waals surface area contributed by atoms with Crippen molar-refractivity contribution >= 4 is 16.6 Å². The Morgan fingerprint density at radius 2 is 2.00 bits per heavy atom. The van der Waals surface area contributed by atoms with Gasteiger partial charge in [0, 0.05) is 5.39 Å². The van der Waals surface area contributed by atoms with Crippen molar-refractivity contribution in [2.24, 2.45) is 5.92 Å². The van der Waals surface area contributed by atoms with E-state index in [1.54, 1.807) is 0 Å². The topological polar surface area (TPSA) is 56.3 Å². The van der Waals surface area contributed by atoms with Gasteiger partial charge in [-0.25, -0.2) is 0 Å². The molecule has 0 spiro atoms. The lowest BCUT2D eigenvalue weighted by Gasteiger charge is -2.49. The molecule has 3 rings (SSSR count). The molecule has 1 aliphatic rings. The molecular weight excluding hydrogens is 240 g/mol. The fraction of sp³-hybridized carbons (Fsp3) is 0.400. The van der Waals surface area contributed by atoms with Crippen LogP contribution in [0.4, 0.5) is 5.82 Å². The van der Waals surface area contributed by atoms with Crippen molar-refractivity contribution in [1.29, 1.82) is 0 Å². The first-order chi connectivity index (χ1) is 8.99. The van der Waals surface area contributed by atoms with Crippen LogP contribution in [0.2, 0.25) is 0 Å². The molecule has 4 heteroatoms. The minimum atomic E-state index is -0.636. The molecule has 1 aromatic heterocycles. The normalized spacial score (nSPS) is 17.8. The molecule has 0 atom stereocenters. The van der Waals surface area contributed by atoms with Crippen molar-refractivity contribution in [2.75, 3.05) is 18.0 Å². The summed E-state index contributed by atoms with van der Waals surface area (Å²) in [6.45, 7) is 5.17. The number of β-amino-alcohol motifs (C(OH)–C–C–N with tert-alkyl or cyclic N) is 1. The van der Waals surface area contributed by atoms with E-state index in [-0.39, 0.29) is 11.5 Å². The van der Waals surface area contributed by atoms with Gasteiger partial charge >= 0.3 is 0 Å². The first-order valence-electron chi connectivity index (χ1n) is 6.59. The van der Waals surface area contributed by atoms with E-state index in [1.165, 1.54) is 0 Å². The van der Waals surface area contributed by atoms with E-state index in [4.69, 9.17) is 0 Å². The van der Waals surface area contributed by atoms with Crippen LogP contribution in [0.3, 0.4) is 0 Å². The first kappa shape index (κ1) is 12.2. The number of aromatic nitrogens is 1. The van der Waals surface area contributed by atoms with E-state index < -0.39 is 5.60 Å². The maximum atomic E-state index is 12.0. The summed E-state index contributed by atoms with van der Waals surface area (Å²) in [5, 5.41) is 11.9. The number of pyridine rings is 1. The zero-order chi connectivity index (χ0) is 13.6. The molecule has 19 heavy (non-hydrogen) atoms. The maximum Gasteiger partial charge on any atom is 0.257 e. The highest BCUT2D eigenvalue weighted by Gasteiger charge is 2.44. The second-order valence-corrected chi connectivity index (χ2v) is 5.69. The average molecular weight is 258 g/mol. The average Bonchev–Trinajstić information content (AvgIpc) is 2.34. The first-order valence-corrected chi connectivity index (χ1v) is 6.59. The lowest BCUT2D eigenvalue weighted by Crippen LogP contribution is -2.65. The van der Waals surface area contributed by atoms with Crippen LogP contribution < -0.4 is 10.5 Å². The number of rotatable bonds is 2. The fourth-order valence-electron chi connectivity index (χ4n) is 2.52. The summed E-state index contributed by atoms with van der Waals surface area (Å²) in [5.74, 6) is 1.00. The predicted octanol–water partition coefficient (Wildman–Crippen LogP) is 1.74. The van der Waals surface area contributed by atoms with Crippen LogP contribution in [-0.4, -0.2) is 28.8 Å². The minimum Gasteiger partial charge on any atom is -0.386 e. The van der Waals surface area contributed by atoms with Crippen molar-refractivity contribution in [2.45, 2.75) is 19.4 Å². The van der Waals surface area contributed by atoms with Crippen LogP contribution >= 0.6 is 0 Å². The Morgan fingerprint density at radius 1 is 1.32 bits per heavy atom. The van der Waals surface area contributed by atoms with Crippen molar-refractivity contribution in [3.05, 3.63) is 40.7 Å². The number of anilines is 1. The predicted molar refractivity (Wildman–Crippen MR) is 76.6 cm³/mol. The highest BCUT2D eigenvalue weighted by molar-refractivity contribution is 5.83. The standard InChI is InChI=1S/C15H18N2O2/c1-10(2)15(19)8-17(9-15)13-7-11-5-3-4-6-12(11)14(18)16-13/h3-7,10,19H,8-9H2,1-2H3,(H,16,18). The van der Waals surface area contributed by atoms with Gasteiger partial charge in [0.25, 0.3) is 5.56 Å². The number of hydrogen-bond donors (Lipinski definition) is 2. The third-order valence-corrected chi connectivity index (χ3v) is 4.08. The number of benzene rings is 1. The smallest absolute Gasteiger partial charge is 0.257 e. The van der Waals surface area contributed by atoms with E-state index in [1.807, 2.05) is 49.1 Å². The quantitative estimate of drug-likeness (QED) is 0.862. The van der Waals surface area contributed by atoms with E-state index in [9.17, 15) is 9.90 Å². The molecule has 0 saturated carbocycles. The van der Waals surface area contributed by atoms with Crippen LogP contribution in [0.15, 0.2) is 35.1 Å². The highest BCUT2D eigenvalue weighted by Crippen LogP contribution is 2.32. The number of hydrogen-bond acceptors (Lipinski definition) is 3. The van der Waals surface area contributed by atoms with Gasteiger partial charge in [0.15, 0.2) is 0 Å². The van der Waals surface area contributed by atoms with Gasteiger partial charge in [0.1, 0.15) is 11.4 Å². The Balaban J connectivity index is 1.94. The third-order valence-electron chi connectivity index (χ3n) is 4.08. The number of H-pyrrole nitrogens is 1. The van der Waals surface area contributed by atoms with Crippen LogP contribution in [0.25, 0.3) is 10.8 Å². The van der Waals surface area contributed by atoms with Crippen LogP contribution in [0.5, 0.6) is 0 Å². The van der Waals surface area contributed by atoms with Gasteiger partial charge in [-0.15, -0.1) is 0 Å². The van der Waals surface area contributed by atoms with Crippen molar-refractivity contribution in [3.63, 3.8) is 0 Å². The summed E-state index contributed by atoms with van der Waals surface area (Å²) in [6.07, 6.45) is 0. The molecule has 1 aromatic carbocycles. The van der Waals surface area contributed by atoms with Crippen molar-refractivity contribution in [1.82, 2.24) is 4.98 Å². The number of aliphatic hydroxyl groups is 1. The van der Waals surface area contributed by atoms with Crippen molar-refractivity contribution < 1.29 is 5.11 Å². The molecule has 1 fully saturated rings. The third kappa shape index (κ3) is 1.92. The second kappa shape index (κ2) is 4.10. The number of nitrogens with one attached hydrogen (secondary N) is 1. The second-order valence-electron chi connectivity index (χ2n) is 5.69. The molecule has 1 aliphatic heterocycles. The number of aromatic amines is 1. The maximum absolute atomic E-state index is 12.0. The van der Waals surface area contributed by atoms with Crippen LogP contribution in [-0.2, 0) is 0 Å². The molecule has 2 heterocycles. The largest absolute Gasteiger partial charge is 0.386 e. The summed E-state index contributed by atoms with van der Waals surface area (Å²) >= 11 is 0. The van der Waals surface area contributed by atoms with E-state index >= 15 is 0 Å². The fourth-order valence-corrected chi connectivity index (χ4v) is 2.52. The van der Waals surface area contributed by atoms with Crippen molar-refractivity contribution in [3.8, 4) is 0 Å². The Morgan fingerprint density at radius 3 is 2.68 bits per heavy atom. The van der Waals surface area contributed by atoms with Gasteiger partial charge in [-0.1, -0.05) is 32.0 Å². The zero-order valence-corrected chi connectivity index (χ0v) is 11.2. The summed E-state index contributed by atoms with van der Waals surface area (Å²) in [6, 6.07) is 9.50. The van der Waals surface area contributed by atoms with Gasteiger partial charge in [-0.3, -0.25) is 4.79 Å². The lowest BCUT2D eigenvalue weighted by atomic mass is 9.83. The Hall–Kier alpha value is -1.81. The van der Waals surface area contributed by atoms with E-state index in [0.29, 0.717) is 18.5 Å². The number of fused-ring (bicyclic) bond motifs is 1. The molecule has 0 radical (unpaired) electrons. The van der Waals surface area contributed by atoms with E-state index in [0.717, 1.165) is 11.2 Å². The molecule has 0 aliphatic carbocycles. The highest BCUT2D eigenvalue weighted by atomic mass is 16.3. The Kier molecular flexibility index (Phi) is 2.64. The van der Waals surface area contributed by atoms with Gasteiger partial charge in [0.2, 0.25) is 0 Å². The molecule has 4 nitrogen and oxygen atoms in total. The monoisotopic (exact) mass is 258 g/mol. The molecule has 0 bridgehead atoms. The summed E-state index contributed by atoms with van der Waals surface area (Å²) in [7, 11) is 0. The zero-order valence-electron chi connectivity index (χ0n) is 11.2. The molecule has 0 unspecified atom stereocenters. The van der Waals surface area contributed by atoms with Gasteiger partial charge in [0.05, 0.1) is 13.1 Å². The Bertz CT molecular complexity index is 669.